The Morgan fingerprint density at radius 3 is 2.25 bits per heavy atom. The highest BCUT2D eigenvalue weighted by Crippen LogP contribution is 2.34. The van der Waals surface area contributed by atoms with Crippen LogP contribution in [0, 0.1) is 19.7 Å². The average molecular weight is 312 g/mol. The summed E-state index contributed by atoms with van der Waals surface area (Å²) >= 11 is 12.2. The van der Waals surface area contributed by atoms with Crippen LogP contribution in [0.2, 0.25) is 10.0 Å². The second kappa shape index (κ2) is 6.02. The number of benzene rings is 2. The SMILES string of the molecule is Cc1cc(C)cc(NC(C)c2c(Cl)ccc(F)c2Cl)c1. The van der Waals surface area contributed by atoms with E-state index in [1.54, 1.807) is 0 Å². The molecule has 0 aromatic heterocycles. The maximum absolute atomic E-state index is 13.6. The van der Waals surface area contributed by atoms with Crippen LogP contribution in [0.15, 0.2) is 30.3 Å². The van der Waals surface area contributed by atoms with Crippen LogP contribution in [0.3, 0.4) is 0 Å². The normalized spacial score (nSPS) is 12.3. The molecule has 20 heavy (non-hydrogen) atoms. The Morgan fingerprint density at radius 2 is 1.65 bits per heavy atom. The summed E-state index contributed by atoms with van der Waals surface area (Å²) in [7, 11) is 0. The number of nitrogens with one attached hydrogen (secondary N) is 1. The molecule has 4 heteroatoms. The Hall–Kier alpha value is -1.25. The number of aryl methyl sites for hydroxylation is 2. The van der Waals surface area contributed by atoms with Crippen molar-refractivity contribution in [3.8, 4) is 0 Å². The minimum absolute atomic E-state index is 0.0712. The monoisotopic (exact) mass is 311 g/mol. The predicted molar refractivity (Wildman–Crippen MR) is 84.4 cm³/mol. The minimum Gasteiger partial charge on any atom is -0.378 e. The first-order valence-corrected chi connectivity index (χ1v) is 7.12. The topological polar surface area (TPSA) is 12.0 Å². The van der Waals surface area contributed by atoms with Crippen molar-refractivity contribution in [2.75, 3.05) is 5.32 Å². The summed E-state index contributed by atoms with van der Waals surface area (Å²) in [5.41, 5.74) is 3.87. The van der Waals surface area contributed by atoms with E-state index in [9.17, 15) is 4.39 Å². The van der Waals surface area contributed by atoms with Crippen molar-refractivity contribution in [1.82, 2.24) is 0 Å². The van der Waals surface area contributed by atoms with E-state index < -0.39 is 5.82 Å². The molecule has 1 unspecified atom stereocenters. The summed E-state index contributed by atoms with van der Waals surface area (Å²) in [5.74, 6) is -0.458. The maximum atomic E-state index is 13.6. The molecule has 0 heterocycles. The van der Waals surface area contributed by atoms with Gasteiger partial charge in [0.05, 0.1) is 11.1 Å². The number of hydrogen-bond acceptors (Lipinski definition) is 1. The lowest BCUT2D eigenvalue weighted by Gasteiger charge is -2.19. The van der Waals surface area contributed by atoms with Crippen LogP contribution >= 0.6 is 23.2 Å². The largest absolute Gasteiger partial charge is 0.378 e. The van der Waals surface area contributed by atoms with Crippen LogP contribution in [0.5, 0.6) is 0 Å². The van der Waals surface area contributed by atoms with Crippen LogP contribution in [-0.4, -0.2) is 0 Å². The van der Waals surface area contributed by atoms with Gasteiger partial charge >= 0.3 is 0 Å². The number of halogens is 3. The molecule has 1 N–H and O–H groups in total. The molecule has 0 aliphatic rings. The van der Waals surface area contributed by atoms with E-state index in [1.807, 2.05) is 32.9 Å². The molecular formula is C16H16Cl2FN. The van der Waals surface area contributed by atoms with Gasteiger partial charge in [-0.05, 0) is 56.2 Å². The quantitative estimate of drug-likeness (QED) is 0.693. The third kappa shape index (κ3) is 3.25. The van der Waals surface area contributed by atoms with Crippen molar-refractivity contribution in [3.05, 3.63) is 62.9 Å². The second-order valence-corrected chi connectivity index (χ2v) is 5.78. The third-order valence-electron chi connectivity index (χ3n) is 3.12. The van der Waals surface area contributed by atoms with Crippen molar-refractivity contribution >= 4 is 28.9 Å². The highest BCUT2D eigenvalue weighted by atomic mass is 35.5. The van der Waals surface area contributed by atoms with E-state index in [0.717, 1.165) is 16.8 Å². The van der Waals surface area contributed by atoms with Gasteiger partial charge in [0.25, 0.3) is 0 Å². The van der Waals surface area contributed by atoms with Crippen molar-refractivity contribution in [1.29, 1.82) is 0 Å². The fourth-order valence-corrected chi connectivity index (χ4v) is 3.02. The van der Waals surface area contributed by atoms with Gasteiger partial charge in [-0.1, -0.05) is 29.3 Å². The smallest absolute Gasteiger partial charge is 0.142 e. The third-order valence-corrected chi connectivity index (χ3v) is 3.83. The molecule has 1 nitrogen and oxygen atoms in total. The van der Waals surface area contributed by atoms with Crippen molar-refractivity contribution < 1.29 is 4.39 Å². The lowest BCUT2D eigenvalue weighted by atomic mass is 10.1. The lowest BCUT2D eigenvalue weighted by molar-refractivity contribution is 0.624. The zero-order valence-electron chi connectivity index (χ0n) is 11.6. The van der Waals surface area contributed by atoms with Crippen LogP contribution in [0.4, 0.5) is 10.1 Å². The Morgan fingerprint density at radius 1 is 1.05 bits per heavy atom. The van der Waals surface area contributed by atoms with E-state index in [2.05, 4.69) is 11.4 Å². The van der Waals surface area contributed by atoms with Gasteiger partial charge in [0.2, 0.25) is 0 Å². The molecule has 1 atom stereocenters. The van der Waals surface area contributed by atoms with Gasteiger partial charge in [-0.3, -0.25) is 0 Å². The van der Waals surface area contributed by atoms with Crippen LogP contribution in [-0.2, 0) is 0 Å². The second-order valence-electron chi connectivity index (χ2n) is 5.00. The number of hydrogen-bond donors (Lipinski definition) is 1. The molecule has 0 saturated heterocycles. The first kappa shape index (κ1) is 15.1. The first-order valence-electron chi connectivity index (χ1n) is 6.36. The highest BCUT2D eigenvalue weighted by Gasteiger charge is 2.17. The van der Waals surface area contributed by atoms with E-state index >= 15 is 0 Å². The van der Waals surface area contributed by atoms with Crippen LogP contribution in [0.1, 0.15) is 29.7 Å². The molecule has 2 rings (SSSR count). The Bertz CT molecular complexity index is 620. The molecule has 0 radical (unpaired) electrons. The van der Waals surface area contributed by atoms with Crippen molar-refractivity contribution in [2.24, 2.45) is 0 Å². The molecule has 2 aromatic rings. The van der Waals surface area contributed by atoms with Crippen LogP contribution < -0.4 is 5.32 Å². The molecule has 106 valence electrons. The van der Waals surface area contributed by atoms with E-state index in [0.29, 0.717) is 10.6 Å². The van der Waals surface area contributed by atoms with Crippen LogP contribution in [0.25, 0.3) is 0 Å². The summed E-state index contributed by atoms with van der Waals surface area (Å²) in [5, 5.41) is 3.84. The van der Waals surface area contributed by atoms with Gasteiger partial charge in [0.15, 0.2) is 0 Å². The summed E-state index contributed by atoms with van der Waals surface area (Å²) in [6.07, 6.45) is 0. The number of rotatable bonds is 3. The Labute approximate surface area is 128 Å². The first-order chi connectivity index (χ1) is 9.38. The molecule has 0 bridgehead atoms. The summed E-state index contributed by atoms with van der Waals surface area (Å²) < 4.78 is 13.6. The molecule has 0 amide bonds. The predicted octanol–water partition coefficient (Wildman–Crippen LogP) is 5.92. The lowest BCUT2D eigenvalue weighted by Crippen LogP contribution is -2.09. The maximum Gasteiger partial charge on any atom is 0.142 e. The van der Waals surface area contributed by atoms with Crippen molar-refractivity contribution in [3.63, 3.8) is 0 Å². The molecule has 0 aliphatic carbocycles. The summed E-state index contributed by atoms with van der Waals surface area (Å²) in [6.45, 7) is 5.97. The molecule has 2 aromatic carbocycles. The zero-order chi connectivity index (χ0) is 14.9. The Kier molecular flexibility index (Phi) is 4.56. The van der Waals surface area contributed by atoms with Gasteiger partial charge in [-0.2, -0.15) is 0 Å². The fourth-order valence-electron chi connectivity index (χ4n) is 2.32. The minimum atomic E-state index is -0.458. The fraction of sp³-hybridized carbons (Fsp3) is 0.250. The van der Waals surface area contributed by atoms with E-state index in [-0.39, 0.29) is 11.1 Å². The van der Waals surface area contributed by atoms with Gasteiger partial charge in [0, 0.05) is 16.3 Å². The standard InChI is InChI=1S/C16H16Cl2FN/c1-9-6-10(2)8-12(7-9)20-11(3)15-13(17)4-5-14(19)16(15)18/h4-8,11,20H,1-3H3. The molecule has 0 saturated carbocycles. The molecule has 0 fully saturated rings. The highest BCUT2D eigenvalue weighted by molar-refractivity contribution is 6.36. The van der Waals surface area contributed by atoms with Gasteiger partial charge in [-0.15, -0.1) is 0 Å². The molecule has 0 spiro atoms. The van der Waals surface area contributed by atoms with Gasteiger partial charge < -0.3 is 5.32 Å². The molecular weight excluding hydrogens is 296 g/mol. The van der Waals surface area contributed by atoms with Gasteiger partial charge in [0.1, 0.15) is 5.82 Å². The zero-order valence-corrected chi connectivity index (χ0v) is 13.1. The average Bonchev–Trinajstić information content (AvgIpc) is 2.33. The van der Waals surface area contributed by atoms with Gasteiger partial charge in [-0.25, -0.2) is 4.39 Å². The summed E-state index contributed by atoms with van der Waals surface area (Å²) in [6, 6.07) is 8.77. The van der Waals surface area contributed by atoms with Crippen molar-refractivity contribution in [2.45, 2.75) is 26.8 Å². The number of anilines is 1. The summed E-state index contributed by atoms with van der Waals surface area (Å²) in [4.78, 5) is 0. The molecule has 0 aliphatic heterocycles. The Balaban J connectivity index is 2.33. The van der Waals surface area contributed by atoms with E-state index in [4.69, 9.17) is 23.2 Å². The van der Waals surface area contributed by atoms with E-state index in [1.165, 1.54) is 12.1 Å².